The summed E-state index contributed by atoms with van der Waals surface area (Å²) < 4.78 is 0. The highest BCUT2D eigenvalue weighted by Crippen LogP contribution is 2.37. The third-order valence-electron chi connectivity index (χ3n) is 5.53. The first-order valence-electron chi connectivity index (χ1n) is 11.5. The van der Waals surface area contributed by atoms with E-state index >= 15 is 0 Å². The van der Waals surface area contributed by atoms with Crippen LogP contribution < -0.4 is 16.4 Å². The molecule has 0 fully saturated rings. The zero-order valence-electron chi connectivity index (χ0n) is 20.0. The van der Waals surface area contributed by atoms with Crippen molar-refractivity contribution in [3.63, 3.8) is 0 Å². The lowest BCUT2D eigenvalue weighted by Crippen LogP contribution is -2.19. The van der Waals surface area contributed by atoms with Crippen LogP contribution in [-0.4, -0.2) is 28.8 Å². The number of aromatic carboxylic acids is 1. The second kappa shape index (κ2) is 11.9. The Kier molecular flexibility index (Phi) is 8.20. The maximum atomic E-state index is 13.3. The molecule has 0 radical (unpaired) electrons. The van der Waals surface area contributed by atoms with Gasteiger partial charge >= 0.3 is 5.97 Å². The lowest BCUT2D eigenvalue weighted by Gasteiger charge is -2.18. The van der Waals surface area contributed by atoms with Crippen LogP contribution in [0.5, 0.6) is 0 Å². The summed E-state index contributed by atoms with van der Waals surface area (Å²) in [6, 6.07) is 28.5. The quantitative estimate of drug-likeness (QED) is 0.221. The Morgan fingerprint density at radius 3 is 2.03 bits per heavy atom. The molecule has 8 nitrogen and oxygen atoms in total. The SMILES string of the molecule is NC(=O)c1ccc(NC(=O)C(Sc2cccc(NC(=O)c3ccccc3C(=O)O)c2)c2ccccc2)cc1. The van der Waals surface area contributed by atoms with Gasteiger partial charge in [-0.25, -0.2) is 4.79 Å². The van der Waals surface area contributed by atoms with Gasteiger partial charge in [0.15, 0.2) is 0 Å². The van der Waals surface area contributed by atoms with E-state index in [1.807, 2.05) is 36.4 Å². The Bertz CT molecular complexity index is 1490. The summed E-state index contributed by atoms with van der Waals surface area (Å²) in [7, 11) is 0. The van der Waals surface area contributed by atoms with E-state index in [2.05, 4.69) is 10.6 Å². The van der Waals surface area contributed by atoms with Crippen LogP contribution in [0.3, 0.4) is 0 Å². The number of nitrogens with one attached hydrogen (secondary N) is 2. The molecule has 4 aromatic rings. The lowest BCUT2D eigenvalue weighted by molar-refractivity contribution is -0.115. The van der Waals surface area contributed by atoms with E-state index in [4.69, 9.17) is 5.73 Å². The van der Waals surface area contributed by atoms with Gasteiger partial charge in [0, 0.05) is 21.8 Å². The van der Waals surface area contributed by atoms with Crippen LogP contribution in [-0.2, 0) is 4.79 Å². The van der Waals surface area contributed by atoms with Gasteiger partial charge in [-0.05, 0) is 60.2 Å². The highest BCUT2D eigenvalue weighted by atomic mass is 32.2. The minimum Gasteiger partial charge on any atom is -0.478 e. The third kappa shape index (κ3) is 6.45. The Balaban J connectivity index is 1.54. The molecule has 0 heterocycles. The van der Waals surface area contributed by atoms with Crippen LogP contribution in [0.25, 0.3) is 0 Å². The molecular weight excluding hydrogens is 502 g/mol. The Morgan fingerprint density at radius 1 is 0.711 bits per heavy atom. The maximum Gasteiger partial charge on any atom is 0.336 e. The smallest absolute Gasteiger partial charge is 0.336 e. The molecule has 0 bridgehead atoms. The van der Waals surface area contributed by atoms with E-state index < -0.39 is 23.0 Å². The molecule has 0 spiro atoms. The minimum atomic E-state index is -1.19. The van der Waals surface area contributed by atoms with Crippen molar-refractivity contribution < 1.29 is 24.3 Å². The molecule has 4 rings (SSSR count). The number of anilines is 2. The number of primary amides is 1. The van der Waals surface area contributed by atoms with Crippen molar-refractivity contribution in [3.05, 3.63) is 125 Å². The maximum absolute atomic E-state index is 13.3. The second-order valence-corrected chi connectivity index (χ2v) is 9.35. The molecule has 1 atom stereocenters. The number of hydrogen-bond acceptors (Lipinski definition) is 5. The van der Waals surface area contributed by atoms with E-state index in [0.717, 1.165) is 5.56 Å². The molecule has 0 aliphatic carbocycles. The normalized spacial score (nSPS) is 11.3. The summed E-state index contributed by atoms with van der Waals surface area (Å²) in [4.78, 5) is 49.7. The number of benzene rings is 4. The van der Waals surface area contributed by atoms with Crippen LogP contribution in [0.1, 0.15) is 41.9 Å². The van der Waals surface area contributed by atoms with Crippen LogP contribution in [0.15, 0.2) is 108 Å². The number of nitrogens with two attached hydrogens (primary N) is 1. The Morgan fingerprint density at radius 2 is 1.37 bits per heavy atom. The Hall–Kier alpha value is -4.89. The van der Waals surface area contributed by atoms with Crippen molar-refractivity contribution >= 4 is 46.8 Å². The van der Waals surface area contributed by atoms with Gasteiger partial charge in [0.2, 0.25) is 11.8 Å². The number of amides is 3. The van der Waals surface area contributed by atoms with E-state index in [1.54, 1.807) is 42.5 Å². The lowest BCUT2D eigenvalue weighted by atomic mass is 10.1. The highest BCUT2D eigenvalue weighted by molar-refractivity contribution is 8.00. The fourth-order valence-corrected chi connectivity index (χ4v) is 4.76. The molecule has 0 aromatic heterocycles. The predicted octanol–water partition coefficient (Wildman–Crippen LogP) is 5.21. The van der Waals surface area contributed by atoms with Gasteiger partial charge in [0.25, 0.3) is 5.91 Å². The van der Waals surface area contributed by atoms with Crippen molar-refractivity contribution in [1.82, 2.24) is 0 Å². The summed E-state index contributed by atoms with van der Waals surface area (Å²) in [5.74, 6) is -2.58. The molecule has 190 valence electrons. The van der Waals surface area contributed by atoms with Crippen molar-refractivity contribution in [3.8, 4) is 0 Å². The number of thioether (sulfide) groups is 1. The van der Waals surface area contributed by atoms with Gasteiger partial charge in [-0.2, -0.15) is 0 Å². The van der Waals surface area contributed by atoms with Crippen LogP contribution in [0, 0.1) is 0 Å². The van der Waals surface area contributed by atoms with Crippen LogP contribution in [0.2, 0.25) is 0 Å². The van der Waals surface area contributed by atoms with Gasteiger partial charge in [-0.15, -0.1) is 11.8 Å². The largest absolute Gasteiger partial charge is 0.478 e. The number of rotatable bonds is 9. The fraction of sp³-hybridized carbons (Fsp3) is 0.0345. The highest BCUT2D eigenvalue weighted by Gasteiger charge is 2.23. The monoisotopic (exact) mass is 525 g/mol. The first-order valence-corrected chi connectivity index (χ1v) is 12.4. The summed E-state index contributed by atoms with van der Waals surface area (Å²) in [6.07, 6.45) is 0. The van der Waals surface area contributed by atoms with Gasteiger partial charge < -0.3 is 21.5 Å². The van der Waals surface area contributed by atoms with Crippen molar-refractivity contribution in [2.45, 2.75) is 10.1 Å². The van der Waals surface area contributed by atoms with E-state index in [9.17, 15) is 24.3 Å². The molecule has 0 aliphatic heterocycles. The second-order valence-electron chi connectivity index (χ2n) is 8.17. The average Bonchev–Trinajstić information content (AvgIpc) is 2.92. The van der Waals surface area contributed by atoms with Crippen LogP contribution in [0.4, 0.5) is 11.4 Å². The first kappa shape index (κ1) is 26.2. The van der Waals surface area contributed by atoms with Gasteiger partial charge in [0.1, 0.15) is 5.25 Å². The van der Waals surface area contributed by atoms with Gasteiger partial charge in [0.05, 0.1) is 11.1 Å². The number of carbonyl (C=O) groups excluding carboxylic acids is 3. The standard InChI is InChI=1S/C29H23N3O5S/c30-26(33)19-13-15-20(16-14-19)31-28(35)25(18-7-2-1-3-8-18)38-22-10-6-9-21(17-22)32-27(34)23-11-4-5-12-24(23)29(36)37/h1-17,25H,(H2,30,33)(H,31,35)(H,32,34)(H,36,37). The molecule has 5 N–H and O–H groups in total. The van der Waals surface area contributed by atoms with Crippen LogP contribution >= 0.6 is 11.8 Å². The molecule has 1 unspecified atom stereocenters. The molecule has 9 heteroatoms. The van der Waals surface area contributed by atoms with Crippen molar-refractivity contribution in [2.24, 2.45) is 5.73 Å². The summed E-state index contributed by atoms with van der Waals surface area (Å²) in [6.45, 7) is 0. The zero-order chi connectivity index (χ0) is 27.1. The molecule has 0 saturated carbocycles. The molecule has 3 amide bonds. The minimum absolute atomic E-state index is 0.0435. The molecular formula is C29H23N3O5S. The van der Waals surface area contributed by atoms with Gasteiger partial charge in [-0.1, -0.05) is 48.5 Å². The summed E-state index contributed by atoms with van der Waals surface area (Å²) in [5.41, 5.74) is 7.31. The number of hydrogen-bond donors (Lipinski definition) is 4. The molecule has 4 aromatic carbocycles. The third-order valence-corrected chi connectivity index (χ3v) is 6.77. The zero-order valence-corrected chi connectivity index (χ0v) is 20.8. The molecule has 0 aliphatic rings. The summed E-state index contributed by atoms with van der Waals surface area (Å²) >= 11 is 1.29. The van der Waals surface area contributed by atoms with E-state index in [0.29, 0.717) is 21.8 Å². The topological polar surface area (TPSA) is 139 Å². The van der Waals surface area contributed by atoms with Crippen molar-refractivity contribution in [2.75, 3.05) is 10.6 Å². The summed E-state index contributed by atoms with van der Waals surface area (Å²) in [5, 5.41) is 14.4. The number of carboxylic acid groups (broad SMARTS) is 1. The predicted molar refractivity (Wildman–Crippen MR) is 146 cm³/mol. The first-order chi connectivity index (χ1) is 18.3. The Labute approximate surface area is 222 Å². The molecule has 0 saturated heterocycles. The van der Waals surface area contributed by atoms with Gasteiger partial charge in [-0.3, -0.25) is 14.4 Å². The van der Waals surface area contributed by atoms with E-state index in [-0.39, 0.29) is 17.0 Å². The average molecular weight is 526 g/mol. The number of carbonyl (C=O) groups is 4. The number of carboxylic acids is 1. The van der Waals surface area contributed by atoms with Crippen molar-refractivity contribution in [1.29, 1.82) is 0 Å². The van der Waals surface area contributed by atoms with E-state index in [1.165, 1.54) is 36.0 Å². The fourth-order valence-electron chi connectivity index (χ4n) is 3.68. The molecule has 38 heavy (non-hydrogen) atoms.